The SMILES string of the molecule is Cc1ccc(F)c2cc(C(=O)Nc3cccc([C@H]4CC[C@@H](N(C)C)C4)c3)[nH]c12. The van der Waals surface area contributed by atoms with Gasteiger partial charge in [0.15, 0.2) is 0 Å². The van der Waals surface area contributed by atoms with Crippen molar-refractivity contribution in [2.24, 2.45) is 0 Å². The molecule has 0 spiro atoms. The average molecular weight is 379 g/mol. The first-order valence-electron chi connectivity index (χ1n) is 9.78. The predicted molar refractivity (Wildman–Crippen MR) is 111 cm³/mol. The molecule has 5 heteroatoms. The van der Waals surface area contributed by atoms with E-state index in [0.29, 0.717) is 28.6 Å². The number of nitrogens with one attached hydrogen (secondary N) is 2. The Morgan fingerprint density at radius 3 is 2.71 bits per heavy atom. The fraction of sp³-hybridized carbons (Fsp3) is 0.348. The van der Waals surface area contributed by atoms with Gasteiger partial charge in [0.25, 0.3) is 5.91 Å². The van der Waals surface area contributed by atoms with E-state index in [4.69, 9.17) is 0 Å². The van der Waals surface area contributed by atoms with Crippen molar-refractivity contribution in [3.05, 3.63) is 65.1 Å². The lowest BCUT2D eigenvalue weighted by molar-refractivity contribution is 0.102. The Hall–Kier alpha value is -2.66. The normalized spacial score (nSPS) is 19.5. The lowest BCUT2D eigenvalue weighted by Gasteiger charge is -2.19. The first-order valence-corrected chi connectivity index (χ1v) is 9.78. The molecule has 1 amide bonds. The van der Waals surface area contributed by atoms with E-state index in [-0.39, 0.29) is 11.7 Å². The van der Waals surface area contributed by atoms with Crippen LogP contribution in [0.3, 0.4) is 0 Å². The number of benzene rings is 2. The van der Waals surface area contributed by atoms with E-state index in [1.807, 2.05) is 19.1 Å². The number of halogens is 1. The molecule has 0 aliphatic heterocycles. The second-order valence-corrected chi connectivity index (χ2v) is 8.04. The number of H-pyrrole nitrogens is 1. The van der Waals surface area contributed by atoms with Crippen LogP contribution in [-0.2, 0) is 0 Å². The third kappa shape index (κ3) is 3.54. The molecule has 1 aliphatic carbocycles. The van der Waals surface area contributed by atoms with Gasteiger partial charge in [0.05, 0.1) is 5.52 Å². The summed E-state index contributed by atoms with van der Waals surface area (Å²) in [6.45, 7) is 1.89. The highest BCUT2D eigenvalue weighted by molar-refractivity contribution is 6.06. The highest BCUT2D eigenvalue weighted by atomic mass is 19.1. The van der Waals surface area contributed by atoms with Crippen molar-refractivity contribution in [1.82, 2.24) is 9.88 Å². The Labute approximate surface area is 164 Å². The summed E-state index contributed by atoms with van der Waals surface area (Å²) in [6.07, 6.45) is 3.51. The number of aromatic amines is 1. The van der Waals surface area contributed by atoms with Gasteiger partial charge >= 0.3 is 0 Å². The number of carbonyl (C=O) groups is 1. The Morgan fingerprint density at radius 2 is 2.00 bits per heavy atom. The van der Waals surface area contributed by atoms with Crippen molar-refractivity contribution in [2.75, 3.05) is 19.4 Å². The summed E-state index contributed by atoms with van der Waals surface area (Å²) in [5.41, 5.74) is 3.98. The molecular formula is C23H26FN3O. The maximum Gasteiger partial charge on any atom is 0.272 e. The molecule has 1 heterocycles. The number of nitrogens with zero attached hydrogens (tertiary/aromatic N) is 1. The van der Waals surface area contributed by atoms with Crippen LogP contribution in [0.25, 0.3) is 10.9 Å². The number of aromatic nitrogens is 1. The van der Waals surface area contributed by atoms with Crippen LogP contribution in [-0.4, -0.2) is 35.9 Å². The molecule has 4 nitrogen and oxygen atoms in total. The van der Waals surface area contributed by atoms with Gasteiger partial charge in [-0.1, -0.05) is 18.2 Å². The zero-order valence-corrected chi connectivity index (χ0v) is 16.6. The lowest BCUT2D eigenvalue weighted by atomic mass is 9.97. The van der Waals surface area contributed by atoms with Crippen molar-refractivity contribution in [1.29, 1.82) is 0 Å². The number of aryl methyl sites for hydroxylation is 1. The predicted octanol–water partition coefficient (Wildman–Crippen LogP) is 5.07. The molecule has 0 unspecified atom stereocenters. The molecule has 3 aromatic rings. The Balaban J connectivity index is 1.53. The number of carbonyl (C=O) groups excluding carboxylic acids is 1. The summed E-state index contributed by atoms with van der Waals surface area (Å²) in [7, 11) is 4.27. The lowest BCUT2D eigenvalue weighted by Crippen LogP contribution is -2.24. The van der Waals surface area contributed by atoms with Gasteiger partial charge in [0.1, 0.15) is 11.5 Å². The molecule has 146 valence electrons. The molecule has 0 bridgehead atoms. The summed E-state index contributed by atoms with van der Waals surface area (Å²) in [5, 5.41) is 3.40. The molecule has 1 fully saturated rings. The van der Waals surface area contributed by atoms with E-state index in [9.17, 15) is 9.18 Å². The summed E-state index contributed by atoms with van der Waals surface area (Å²) < 4.78 is 14.0. The van der Waals surface area contributed by atoms with Crippen molar-refractivity contribution in [3.63, 3.8) is 0 Å². The van der Waals surface area contributed by atoms with Crippen LogP contribution in [0, 0.1) is 12.7 Å². The number of anilines is 1. The minimum Gasteiger partial charge on any atom is -0.350 e. The average Bonchev–Trinajstić information content (AvgIpc) is 3.33. The third-order valence-corrected chi connectivity index (χ3v) is 5.94. The minimum atomic E-state index is -0.324. The highest BCUT2D eigenvalue weighted by Crippen LogP contribution is 2.37. The van der Waals surface area contributed by atoms with Gasteiger partial charge in [-0.15, -0.1) is 0 Å². The molecule has 1 saturated carbocycles. The van der Waals surface area contributed by atoms with Gasteiger partial charge < -0.3 is 15.2 Å². The van der Waals surface area contributed by atoms with Crippen LogP contribution >= 0.6 is 0 Å². The van der Waals surface area contributed by atoms with Crippen molar-refractivity contribution in [2.45, 2.75) is 38.1 Å². The van der Waals surface area contributed by atoms with E-state index in [1.165, 1.54) is 24.5 Å². The van der Waals surface area contributed by atoms with Gasteiger partial charge in [0, 0.05) is 17.1 Å². The molecule has 28 heavy (non-hydrogen) atoms. The molecule has 2 aromatic carbocycles. The fourth-order valence-electron chi connectivity index (χ4n) is 4.25. The van der Waals surface area contributed by atoms with E-state index in [1.54, 1.807) is 12.1 Å². The third-order valence-electron chi connectivity index (χ3n) is 5.94. The van der Waals surface area contributed by atoms with Gasteiger partial charge in [-0.25, -0.2) is 4.39 Å². The quantitative estimate of drug-likeness (QED) is 0.665. The van der Waals surface area contributed by atoms with Crippen molar-refractivity contribution < 1.29 is 9.18 Å². The molecule has 2 N–H and O–H groups in total. The van der Waals surface area contributed by atoms with Crippen LogP contribution in [0.1, 0.15) is 46.8 Å². The van der Waals surface area contributed by atoms with Gasteiger partial charge in [0.2, 0.25) is 0 Å². The molecule has 0 saturated heterocycles. The fourth-order valence-corrected chi connectivity index (χ4v) is 4.25. The summed E-state index contributed by atoms with van der Waals surface area (Å²) in [5.74, 6) is -0.0617. The van der Waals surface area contributed by atoms with E-state index in [2.05, 4.69) is 41.4 Å². The molecule has 4 rings (SSSR count). The zero-order valence-electron chi connectivity index (χ0n) is 16.6. The Bertz CT molecular complexity index is 985. The molecular weight excluding hydrogens is 353 g/mol. The topological polar surface area (TPSA) is 48.1 Å². The van der Waals surface area contributed by atoms with Gasteiger partial charge in [-0.3, -0.25) is 4.79 Å². The number of rotatable bonds is 4. The van der Waals surface area contributed by atoms with E-state index >= 15 is 0 Å². The second kappa shape index (κ2) is 7.40. The minimum absolute atomic E-state index is 0.260. The largest absolute Gasteiger partial charge is 0.350 e. The molecule has 0 radical (unpaired) electrons. The first kappa shape index (κ1) is 18.7. The van der Waals surface area contributed by atoms with Crippen LogP contribution in [0.5, 0.6) is 0 Å². The van der Waals surface area contributed by atoms with Gasteiger partial charge in [-0.2, -0.15) is 0 Å². The monoisotopic (exact) mass is 379 g/mol. The van der Waals surface area contributed by atoms with Gasteiger partial charge in [-0.05, 0) is 81.6 Å². The van der Waals surface area contributed by atoms with Crippen LogP contribution in [0.2, 0.25) is 0 Å². The maximum absolute atomic E-state index is 14.0. The van der Waals surface area contributed by atoms with Crippen LogP contribution < -0.4 is 5.32 Å². The molecule has 1 aliphatic rings. The Morgan fingerprint density at radius 1 is 1.18 bits per heavy atom. The number of hydrogen-bond acceptors (Lipinski definition) is 2. The van der Waals surface area contributed by atoms with Crippen molar-refractivity contribution in [3.8, 4) is 0 Å². The number of fused-ring (bicyclic) bond motifs is 1. The van der Waals surface area contributed by atoms with E-state index in [0.717, 1.165) is 17.7 Å². The standard InChI is InChI=1S/C23H26FN3O/c1-14-7-10-20(24)19-13-21(26-22(14)19)23(28)25-17-6-4-5-15(11-17)16-8-9-18(12-16)27(2)3/h4-7,10-11,13,16,18,26H,8-9,12H2,1-3H3,(H,25,28)/t16-,18+/m0/s1. The second-order valence-electron chi connectivity index (χ2n) is 8.04. The summed E-state index contributed by atoms with van der Waals surface area (Å²) >= 11 is 0. The van der Waals surface area contributed by atoms with Crippen molar-refractivity contribution >= 4 is 22.5 Å². The van der Waals surface area contributed by atoms with Crippen LogP contribution in [0.4, 0.5) is 10.1 Å². The first-order chi connectivity index (χ1) is 13.4. The zero-order chi connectivity index (χ0) is 19.8. The van der Waals surface area contributed by atoms with E-state index < -0.39 is 0 Å². The number of amides is 1. The molecule has 1 aromatic heterocycles. The Kier molecular flexibility index (Phi) is 4.94. The summed E-state index contributed by atoms with van der Waals surface area (Å²) in [4.78, 5) is 18.1. The highest BCUT2D eigenvalue weighted by Gasteiger charge is 2.27. The number of hydrogen-bond donors (Lipinski definition) is 2. The smallest absolute Gasteiger partial charge is 0.272 e. The molecule has 2 atom stereocenters. The summed E-state index contributed by atoms with van der Waals surface area (Å²) in [6, 6.07) is 13.4. The van der Waals surface area contributed by atoms with Crippen LogP contribution in [0.15, 0.2) is 42.5 Å². The maximum atomic E-state index is 14.0.